The van der Waals surface area contributed by atoms with Crippen LogP contribution in [0.5, 0.6) is 0 Å². The van der Waals surface area contributed by atoms with Crippen LogP contribution in [0.1, 0.15) is 83.9 Å². The summed E-state index contributed by atoms with van der Waals surface area (Å²) < 4.78 is 5.32. The zero-order valence-electron chi connectivity index (χ0n) is 18.9. The van der Waals surface area contributed by atoms with Crippen molar-refractivity contribution in [2.24, 2.45) is 11.8 Å². The van der Waals surface area contributed by atoms with E-state index in [-0.39, 0.29) is 17.9 Å². The molecule has 1 aliphatic heterocycles. The number of piperidine rings is 1. The van der Waals surface area contributed by atoms with E-state index in [0.29, 0.717) is 49.5 Å². The van der Waals surface area contributed by atoms with Crippen molar-refractivity contribution in [2.75, 3.05) is 19.6 Å². The van der Waals surface area contributed by atoms with Gasteiger partial charge >= 0.3 is 0 Å². The number of carbonyl (C=O) groups excluding carboxylic acids is 2. The van der Waals surface area contributed by atoms with Gasteiger partial charge < -0.3 is 14.3 Å². The van der Waals surface area contributed by atoms with Crippen LogP contribution in [0, 0.1) is 11.8 Å². The van der Waals surface area contributed by atoms with Gasteiger partial charge in [0.1, 0.15) is 0 Å². The quantitative estimate of drug-likeness (QED) is 0.644. The highest BCUT2D eigenvalue weighted by atomic mass is 16.5. The zero-order valence-corrected chi connectivity index (χ0v) is 18.9. The predicted octanol–water partition coefficient (Wildman–Crippen LogP) is 3.62. The molecule has 168 valence electrons. The first-order chi connectivity index (χ1) is 14.4. The summed E-state index contributed by atoms with van der Waals surface area (Å²) in [6.45, 7) is 7.87. The van der Waals surface area contributed by atoms with Crippen LogP contribution in [0.4, 0.5) is 0 Å². The first-order valence-corrected chi connectivity index (χ1v) is 11.8. The maximum absolute atomic E-state index is 12.9. The van der Waals surface area contributed by atoms with Crippen molar-refractivity contribution in [3.8, 4) is 0 Å². The number of aromatic nitrogens is 2. The summed E-state index contributed by atoms with van der Waals surface area (Å²) in [5, 5.41) is 4.07. The summed E-state index contributed by atoms with van der Waals surface area (Å²) in [4.78, 5) is 33.6. The van der Waals surface area contributed by atoms with Gasteiger partial charge in [-0.15, -0.1) is 0 Å². The first-order valence-electron chi connectivity index (χ1n) is 11.8. The Morgan fingerprint density at radius 1 is 1.17 bits per heavy atom. The Balaban J connectivity index is 1.53. The minimum atomic E-state index is 0.0486. The minimum absolute atomic E-state index is 0.0486. The lowest BCUT2D eigenvalue weighted by molar-refractivity contribution is -0.139. The number of hydrogen-bond acceptors (Lipinski definition) is 5. The van der Waals surface area contributed by atoms with E-state index in [9.17, 15) is 9.59 Å². The third kappa shape index (κ3) is 6.54. The average Bonchev–Trinajstić information content (AvgIpc) is 3.15. The molecule has 1 aliphatic carbocycles. The van der Waals surface area contributed by atoms with Crippen molar-refractivity contribution >= 4 is 11.8 Å². The summed E-state index contributed by atoms with van der Waals surface area (Å²) in [6, 6.07) is 0.0774. The van der Waals surface area contributed by atoms with E-state index in [1.807, 2.05) is 9.80 Å². The Morgan fingerprint density at radius 2 is 1.93 bits per heavy atom. The first kappa shape index (κ1) is 22.8. The molecule has 1 atom stereocenters. The molecule has 2 heterocycles. The number of carbonyl (C=O) groups is 2. The molecular formula is C23H38N4O3. The van der Waals surface area contributed by atoms with Gasteiger partial charge in [-0.1, -0.05) is 38.3 Å². The van der Waals surface area contributed by atoms with Crippen LogP contribution in [0.2, 0.25) is 0 Å². The number of hydrogen-bond donors (Lipinski definition) is 0. The Bertz CT molecular complexity index is 696. The lowest BCUT2D eigenvalue weighted by Crippen LogP contribution is -2.52. The standard InChI is InChI=1S/C23H38N4O3/c1-17(2)14-22-24-21(25-30-22)11-13-27(18(3)28)20-10-7-12-26(16-20)23(29)15-19-8-5-4-6-9-19/h17,19-20H,4-16H2,1-3H3. The molecule has 1 aromatic heterocycles. The highest BCUT2D eigenvalue weighted by Crippen LogP contribution is 2.27. The molecule has 30 heavy (non-hydrogen) atoms. The van der Waals surface area contributed by atoms with Gasteiger partial charge in [0.05, 0.1) is 0 Å². The molecule has 1 unspecified atom stereocenters. The predicted molar refractivity (Wildman–Crippen MR) is 115 cm³/mol. The molecular weight excluding hydrogens is 380 g/mol. The molecule has 2 fully saturated rings. The molecule has 0 N–H and O–H groups in total. The smallest absolute Gasteiger partial charge is 0.226 e. The normalized spacial score (nSPS) is 20.5. The Kier molecular flexibility index (Phi) is 8.28. The van der Waals surface area contributed by atoms with E-state index in [0.717, 1.165) is 25.8 Å². The van der Waals surface area contributed by atoms with Gasteiger partial charge in [0.25, 0.3) is 0 Å². The van der Waals surface area contributed by atoms with Crippen molar-refractivity contribution in [1.29, 1.82) is 0 Å². The second kappa shape index (κ2) is 10.9. The van der Waals surface area contributed by atoms with Gasteiger partial charge in [-0.2, -0.15) is 4.98 Å². The van der Waals surface area contributed by atoms with Gasteiger partial charge in [0, 0.05) is 51.9 Å². The van der Waals surface area contributed by atoms with Gasteiger partial charge in [0.15, 0.2) is 5.82 Å². The molecule has 7 nitrogen and oxygen atoms in total. The summed E-state index contributed by atoms with van der Waals surface area (Å²) in [5.41, 5.74) is 0. The second-order valence-electron chi connectivity index (χ2n) is 9.51. The number of rotatable bonds is 8. The Labute approximate surface area is 180 Å². The number of nitrogens with zero attached hydrogens (tertiary/aromatic N) is 4. The fraction of sp³-hybridized carbons (Fsp3) is 0.826. The molecule has 2 amide bonds. The Hall–Kier alpha value is -1.92. The van der Waals surface area contributed by atoms with Crippen LogP contribution in [0.15, 0.2) is 4.52 Å². The third-order valence-electron chi connectivity index (χ3n) is 6.45. The van der Waals surface area contributed by atoms with E-state index in [1.54, 1.807) is 6.92 Å². The topological polar surface area (TPSA) is 79.5 Å². The zero-order chi connectivity index (χ0) is 21.5. The maximum atomic E-state index is 12.9. The largest absolute Gasteiger partial charge is 0.341 e. The van der Waals surface area contributed by atoms with Crippen LogP contribution in [0.3, 0.4) is 0 Å². The molecule has 3 rings (SSSR count). The van der Waals surface area contributed by atoms with Crippen molar-refractivity contribution in [1.82, 2.24) is 19.9 Å². The van der Waals surface area contributed by atoms with E-state index < -0.39 is 0 Å². The van der Waals surface area contributed by atoms with Crippen LogP contribution < -0.4 is 0 Å². The van der Waals surface area contributed by atoms with E-state index in [1.165, 1.54) is 32.1 Å². The molecule has 7 heteroatoms. The number of likely N-dealkylation sites (tertiary alicyclic amines) is 1. The van der Waals surface area contributed by atoms with Crippen molar-refractivity contribution in [2.45, 2.75) is 91.0 Å². The monoisotopic (exact) mass is 418 g/mol. The SMILES string of the molecule is CC(=O)N(CCc1noc(CC(C)C)n1)C1CCCN(C(=O)CC2CCCCC2)C1. The van der Waals surface area contributed by atoms with Gasteiger partial charge in [0.2, 0.25) is 17.7 Å². The highest BCUT2D eigenvalue weighted by molar-refractivity contribution is 5.77. The Morgan fingerprint density at radius 3 is 2.63 bits per heavy atom. The fourth-order valence-electron chi connectivity index (χ4n) is 4.84. The molecule has 0 spiro atoms. The molecule has 0 aromatic carbocycles. The molecule has 0 radical (unpaired) electrons. The van der Waals surface area contributed by atoms with Crippen molar-refractivity contribution in [3.05, 3.63) is 11.7 Å². The summed E-state index contributed by atoms with van der Waals surface area (Å²) >= 11 is 0. The van der Waals surface area contributed by atoms with E-state index >= 15 is 0 Å². The van der Waals surface area contributed by atoms with Crippen molar-refractivity contribution < 1.29 is 14.1 Å². The van der Waals surface area contributed by atoms with Crippen molar-refractivity contribution in [3.63, 3.8) is 0 Å². The maximum Gasteiger partial charge on any atom is 0.226 e. The fourth-order valence-corrected chi connectivity index (χ4v) is 4.84. The van der Waals surface area contributed by atoms with Gasteiger partial charge in [-0.25, -0.2) is 0 Å². The van der Waals surface area contributed by atoms with Crippen LogP contribution >= 0.6 is 0 Å². The summed E-state index contributed by atoms with van der Waals surface area (Å²) in [7, 11) is 0. The third-order valence-corrected chi connectivity index (χ3v) is 6.45. The molecule has 2 aliphatic rings. The van der Waals surface area contributed by atoms with Crippen LogP contribution in [-0.2, 0) is 22.4 Å². The van der Waals surface area contributed by atoms with Crippen LogP contribution in [0.25, 0.3) is 0 Å². The second-order valence-corrected chi connectivity index (χ2v) is 9.51. The molecule has 1 saturated carbocycles. The van der Waals surface area contributed by atoms with Crippen LogP contribution in [-0.4, -0.2) is 57.4 Å². The van der Waals surface area contributed by atoms with E-state index in [4.69, 9.17) is 4.52 Å². The molecule has 1 saturated heterocycles. The lowest BCUT2D eigenvalue weighted by Gasteiger charge is -2.39. The molecule has 1 aromatic rings. The van der Waals surface area contributed by atoms with Gasteiger partial charge in [-0.05, 0) is 37.5 Å². The van der Waals surface area contributed by atoms with E-state index in [2.05, 4.69) is 24.0 Å². The molecule has 0 bridgehead atoms. The highest BCUT2D eigenvalue weighted by Gasteiger charge is 2.30. The summed E-state index contributed by atoms with van der Waals surface area (Å²) in [6.07, 6.45) is 10.1. The summed E-state index contributed by atoms with van der Waals surface area (Å²) in [5.74, 6) is 2.64. The van der Waals surface area contributed by atoms with Gasteiger partial charge in [-0.3, -0.25) is 9.59 Å². The lowest BCUT2D eigenvalue weighted by atomic mass is 9.86. The number of amides is 2. The minimum Gasteiger partial charge on any atom is -0.341 e. The average molecular weight is 419 g/mol.